The molecule has 0 aliphatic carbocycles. The van der Waals surface area contributed by atoms with E-state index in [2.05, 4.69) is 10.3 Å². The molecule has 2 heterocycles. The quantitative estimate of drug-likeness (QED) is 0.449. The summed E-state index contributed by atoms with van der Waals surface area (Å²) >= 11 is 0. The summed E-state index contributed by atoms with van der Waals surface area (Å²) in [4.78, 5) is 41.0. The molecule has 0 saturated carbocycles. The lowest BCUT2D eigenvalue weighted by atomic mass is 10.1. The number of rotatable bonds is 7. The number of hydrogen-bond donors (Lipinski definition) is 1. The van der Waals surface area contributed by atoms with Gasteiger partial charge in [0.15, 0.2) is 5.65 Å². The third-order valence-electron chi connectivity index (χ3n) is 4.74. The zero-order valence-electron chi connectivity index (χ0n) is 17.4. The fourth-order valence-corrected chi connectivity index (χ4v) is 3.22. The highest BCUT2D eigenvalue weighted by molar-refractivity contribution is 5.94. The Morgan fingerprint density at radius 3 is 2.69 bits per heavy atom. The van der Waals surface area contributed by atoms with Crippen LogP contribution in [0.1, 0.15) is 33.8 Å². The van der Waals surface area contributed by atoms with Crippen LogP contribution in [0.25, 0.3) is 5.65 Å². The fourth-order valence-electron chi connectivity index (χ4n) is 3.22. The normalized spacial score (nSPS) is 10.8. The zero-order valence-corrected chi connectivity index (χ0v) is 17.4. The number of fused-ring (bicyclic) bond motifs is 1. The Bertz CT molecular complexity index is 1320. The van der Waals surface area contributed by atoms with Gasteiger partial charge >= 0.3 is 5.97 Å². The first-order valence-electron chi connectivity index (χ1n) is 10.1. The van der Waals surface area contributed by atoms with E-state index in [1.807, 2.05) is 30.3 Å². The average molecular weight is 431 g/mol. The van der Waals surface area contributed by atoms with Crippen molar-refractivity contribution in [1.29, 1.82) is 0 Å². The average Bonchev–Trinajstić information content (AvgIpc) is 3.18. The molecule has 0 spiro atoms. The van der Waals surface area contributed by atoms with Crippen LogP contribution in [0.5, 0.6) is 0 Å². The van der Waals surface area contributed by atoms with Gasteiger partial charge in [0.25, 0.3) is 5.56 Å². The van der Waals surface area contributed by atoms with Gasteiger partial charge in [-0.1, -0.05) is 36.4 Å². The minimum Gasteiger partial charge on any atom is -0.456 e. The van der Waals surface area contributed by atoms with Gasteiger partial charge in [-0.3, -0.25) is 9.59 Å². The molecule has 0 aliphatic heterocycles. The molecule has 0 radical (unpaired) electrons. The van der Waals surface area contributed by atoms with Crippen LogP contribution in [0, 0.1) is 6.92 Å². The van der Waals surface area contributed by atoms with Crippen molar-refractivity contribution in [1.82, 2.24) is 9.56 Å². The summed E-state index contributed by atoms with van der Waals surface area (Å²) in [5.74, 6) is -0.185. The topological polar surface area (TPSA) is 103 Å². The summed E-state index contributed by atoms with van der Waals surface area (Å²) in [5, 5.41) is 2.80. The van der Waals surface area contributed by atoms with Crippen molar-refractivity contribution in [2.45, 2.75) is 26.4 Å². The largest absolute Gasteiger partial charge is 0.456 e. The molecule has 1 N–H and O–H groups in total. The Morgan fingerprint density at radius 2 is 1.88 bits per heavy atom. The number of amides is 1. The number of anilines is 1. The highest BCUT2D eigenvalue weighted by Gasteiger charge is 2.12. The van der Waals surface area contributed by atoms with Crippen LogP contribution in [-0.4, -0.2) is 21.4 Å². The smallest absolute Gasteiger partial charge is 0.338 e. The minimum atomic E-state index is -0.587. The summed E-state index contributed by atoms with van der Waals surface area (Å²) in [5.41, 5.74) is 2.13. The van der Waals surface area contributed by atoms with Gasteiger partial charge < -0.3 is 14.6 Å². The van der Waals surface area contributed by atoms with Crippen molar-refractivity contribution in [3.63, 3.8) is 0 Å². The summed E-state index contributed by atoms with van der Waals surface area (Å²) in [6.07, 6.45) is 0.956. The summed E-state index contributed by atoms with van der Waals surface area (Å²) in [6, 6.07) is 19.1. The molecule has 162 valence electrons. The van der Waals surface area contributed by atoms with E-state index in [9.17, 15) is 14.4 Å². The lowest BCUT2D eigenvalue weighted by Crippen LogP contribution is -2.15. The van der Waals surface area contributed by atoms with E-state index in [4.69, 9.17) is 9.26 Å². The van der Waals surface area contributed by atoms with E-state index in [-0.39, 0.29) is 18.1 Å². The number of ether oxygens (including phenoxy) is 1. The Labute approximate surface area is 183 Å². The highest BCUT2D eigenvalue weighted by Crippen LogP contribution is 2.14. The van der Waals surface area contributed by atoms with Crippen LogP contribution < -0.4 is 10.9 Å². The molecule has 8 heteroatoms. The third-order valence-corrected chi connectivity index (χ3v) is 4.74. The number of carbonyl (C=O) groups is 2. The molecule has 1 amide bonds. The molecule has 2 aromatic carbocycles. The van der Waals surface area contributed by atoms with E-state index in [1.165, 1.54) is 6.07 Å². The number of aryl methyl sites for hydroxylation is 2. The lowest BCUT2D eigenvalue weighted by molar-refractivity contribution is -0.116. The first-order chi connectivity index (χ1) is 15.5. The summed E-state index contributed by atoms with van der Waals surface area (Å²) < 4.78 is 11.6. The molecule has 2 aromatic heterocycles. The number of nitrogens with zero attached hydrogens (tertiary/aromatic N) is 2. The van der Waals surface area contributed by atoms with Gasteiger partial charge in [0.2, 0.25) is 5.91 Å². The highest BCUT2D eigenvalue weighted by atomic mass is 16.5. The molecular weight excluding hydrogens is 410 g/mol. The van der Waals surface area contributed by atoms with Gasteiger partial charge in [-0.25, -0.2) is 9.78 Å². The van der Waals surface area contributed by atoms with Gasteiger partial charge in [-0.2, -0.15) is 0 Å². The summed E-state index contributed by atoms with van der Waals surface area (Å²) in [6.45, 7) is 1.55. The van der Waals surface area contributed by atoms with Crippen molar-refractivity contribution in [3.05, 3.63) is 99.7 Å². The first-order valence-corrected chi connectivity index (χ1v) is 10.1. The monoisotopic (exact) mass is 431 g/mol. The first kappa shape index (κ1) is 21.0. The molecular formula is C24H21N3O5. The molecule has 4 rings (SSSR count). The maximum absolute atomic E-state index is 12.5. The number of esters is 1. The second-order valence-electron chi connectivity index (χ2n) is 7.28. The van der Waals surface area contributed by atoms with E-state index >= 15 is 0 Å². The molecule has 0 unspecified atom stereocenters. The molecule has 4 aromatic rings. The maximum Gasteiger partial charge on any atom is 0.338 e. The van der Waals surface area contributed by atoms with E-state index in [1.54, 1.807) is 37.3 Å². The molecule has 0 bridgehead atoms. The van der Waals surface area contributed by atoms with Crippen LogP contribution in [0.15, 0.2) is 76.0 Å². The molecule has 0 atom stereocenters. The Morgan fingerprint density at radius 1 is 1.06 bits per heavy atom. The van der Waals surface area contributed by atoms with Gasteiger partial charge in [-0.15, -0.1) is 4.57 Å². The van der Waals surface area contributed by atoms with Gasteiger partial charge in [0.05, 0.1) is 11.3 Å². The molecule has 0 aliphatic rings. The molecule has 8 nitrogen and oxygen atoms in total. The van der Waals surface area contributed by atoms with Gasteiger partial charge in [0.1, 0.15) is 12.4 Å². The van der Waals surface area contributed by atoms with Gasteiger partial charge in [-0.05, 0) is 37.1 Å². The second-order valence-corrected chi connectivity index (χ2v) is 7.28. The van der Waals surface area contributed by atoms with Crippen LogP contribution in [0.4, 0.5) is 5.69 Å². The van der Waals surface area contributed by atoms with Crippen molar-refractivity contribution < 1.29 is 18.8 Å². The van der Waals surface area contributed by atoms with Gasteiger partial charge in [0, 0.05) is 24.2 Å². The molecule has 32 heavy (non-hydrogen) atoms. The summed E-state index contributed by atoms with van der Waals surface area (Å²) in [7, 11) is 0. The number of nitrogens with one attached hydrogen (secondary N) is 1. The van der Waals surface area contributed by atoms with E-state index in [0.29, 0.717) is 35.6 Å². The predicted molar refractivity (Wildman–Crippen MR) is 117 cm³/mol. The Kier molecular flexibility index (Phi) is 6.12. The standard InChI is InChI=1S/C24H21N3O5/c1-16-12-21-25-20(14-23(29)27(21)32-16)15-31-24(30)18-8-5-9-19(13-18)26-22(28)11-10-17-6-3-2-4-7-17/h2-9,12-14H,10-11,15H2,1H3,(H,26,28). The Balaban J connectivity index is 1.35. The maximum atomic E-state index is 12.5. The van der Waals surface area contributed by atoms with Crippen molar-refractivity contribution >= 4 is 23.2 Å². The molecule has 0 saturated heterocycles. The number of aromatic nitrogens is 2. The second kappa shape index (κ2) is 9.30. The predicted octanol–water partition coefficient (Wildman–Crippen LogP) is 3.52. The lowest BCUT2D eigenvalue weighted by Gasteiger charge is -2.08. The van der Waals surface area contributed by atoms with E-state index < -0.39 is 11.5 Å². The number of carbonyl (C=O) groups excluding carboxylic acids is 2. The fraction of sp³-hybridized carbons (Fsp3) is 0.167. The molecule has 0 fully saturated rings. The van der Waals surface area contributed by atoms with Crippen molar-refractivity contribution in [3.8, 4) is 0 Å². The minimum absolute atomic E-state index is 0.146. The SMILES string of the molecule is Cc1cc2nc(COC(=O)c3cccc(NC(=O)CCc4ccccc4)c3)cc(=O)n2o1. The number of benzene rings is 2. The van der Waals surface area contributed by atoms with Crippen molar-refractivity contribution in [2.75, 3.05) is 5.32 Å². The van der Waals surface area contributed by atoms with Crippen LogP contribution in [0.3, 0.4) is 0 Å². The van der Waals surface area contributed by atoms with Crippen LogP contribution in [0.2, 0.25) is 0 Å². The van der Waals surface area contributed by atoms with Crippen LogP contribution >= 0.6 is 0 Å². The van der Waals surface area contributed by atoms with Crippen LogP contribution in [-0.2, 0) is 22.6 Å². The number of hydrogen-bond acceptors (Lipinski definition) is 6. The zero-order chi connectivity index (χ0) is 22.5. The van der Waals surface area contributed by atoms with Crippen molar-refractivity contribution in [2.24, 2.45) is 0 Å². The Hall–Kier alpha value is -4.20. The van der Waals surface area contributed by atoms with E-state index in [0.717, 1.165) is 10.1 Å². The third kappa shape index (κ3) is 5.10.